The molecule has 28 heavy (non-hydrogen) atoms. The Morgan fingerprint density at radius 2 is 1.86 bits per heavy atom. The van der Waals surface area contributed by atoms with Gasteiger partial charge in [0.1, 0.15) is 5.69 Å². The van der Waals surface area contributed by atoms with E-state index in [0.717, 1.165) is 6.07 Å². The van der Waals surface area contributed by atoms with Gasteiger partial charge in [-0.15, -0.1) is 0 Å². The Hall–Kier alpha value is -3.29. The van der Waals surface area contributed by atoms with E-state index < -0.39 is 20.6 Å². The molecule has 0 radical (unpaired) electrons. The summed E-state index contributed by atoms with van der Waals surface area (Å²) in [5.41, 5.74) is 3.42. The first-order chi connectivity index (χ1) is 13.3. The van der Waals surface area contributed by atoms with Gasteiger partial charge < -0.3 is 0 Å². The summed E-state index contributed by atoms with van der Waals surface area (Å²) >= 11 is 0. The molecule has 9 nitrogen and oxygen atoms in total. The molecular formula is C18H19N5O4S. The lowest BCUT2D eigenvalue weighted by Crippen LogP contribution is -2.30. The van der Waals surface area contributed by atoms with Crippen LogP contribution in [0.3, 0.4) is 0 Å². The topological polar surface area (TPSA) is 129 Å². The number of nitrogens with zero attached hydrogens (tertiary/aromatic N) is 4. The van der Waals surface area contributed by atoms with Gasteiger partial charge in [0, 0.05) is 19.2 Å². The Morgan fingerprint density at radius 3 is 2.39 bits per heavy atom. The lowest BCUT2D eigenvalue weighted by Gasteiger charge is -2.18. The second kappa shape index (κ2) is 9.07. The summed E-state index contributed by atoms with van der Waals surface area (Å²) in [6, 6.07) is 12.2. The molecule has 146 valence electrons. The molecule has 2 aromatic carbocycles. The number of benzene rings is 2. The number of hydrogen-bond acceptors (Lipinski definition) is 7. The fourth-order valence-corrected chi connectivity index (χ4v) is 3.93. The number of nitrogens with one attached hydrogen (secondary N) is 1. The summed E-state index contributed by atoms with van der Waals surface area (Å²) in [5.74, 6) is 0. The largest absolute Gasteiger partial charge is 0.295 e. The van der Waals surface area contributed by atoms with Crippen molar-refractivity contribution in [3.05, 3.63) is 63.7 Å². The van der Waals surface area contributed by atoms with Gasteiger partial charge in [-0.05, 0) is 29.8 Å². The van der Waals surface area contributed by atoms with Gasteiger partial charge in [-0.3, -0.25) is 15.5 Å². The molecule has 0 unspecified atom stereocenters. The van der Waals surface area contributed by atoms with Crippen LogP contribution in [0.4, 0.5) is 11.4 Å². The van der Waals surface area contributed by atoms with E-state index in [1.54, 1.807) is 38.1 Å². The Balaban J connectivity index is 2.29. The highest BCUT2D eigenvalue weighted by Crippen LogP contribution is 2.29. The predicted octanol–water partition coefficient (Wildman–Crippen LogP) is 2.94. The summed E-state index contributed by atoms with van der Waals surface area (Å²) < 4.78 is 26.3. The molecule has 0 amide bonds. The zero-order chi connectivity index (χ0) is 20.7. The summed E-state index contributed by atoms with van der Waals surface area (Å²) in [7, 11) is -3.81. The first kappa shape index (κ1) is 21.0. The number of nitro benzene ring substituents is 1. The van der Waals surface area contributed by atoms with Crippen molar-refractivity contribution in [2.75, 3.05) is 18.5 Å². The molecule has 0 atom stereocenters. The summed E-state index contributed by atoms with van der Waals surface area (Å²) in [6.07, 6.45) is 1.44. The minimum Gasteiger partial charge on any atom is -0.272 e. The summed E-state index contributed by atoms with van der Waals surface area (Å²) in [5, 5.41) is 24.1. The molecule has 2 rings (SSSR count). The SMILES string of the molecule is CCN(CC)S(=O)(=O)c1ccc(NN=Cc2ccc(C#N)cc2)c([N+](=O)[O-])c1. The normalized spacial score (nSPS) is 11.5. The second-order valence-electron chi connectivity index (χ2n) is 5.63. The number of nitriles is 1. The number of nitro groups is 1. The highest BCUT2D eigenvalue weighted by molar-refractivity contribution is 7.89. The lowest BCUT2D eigenvalue weighted by atomic mass is 10.2. The Morgan fingerprint density at radius 1 is 1.21 bits per heavy atom. The molecule has 0 bridgehead atoms. The molecule has 0 fully saturated rings. The van der Waals surface area contributed by atoms with Crippen molar-refractivity contribution in [1.29, 1.82) is 5.26 Å². The van der Waals surface area contributed by atoms with Crippen LogP contribution in [0.5, 0.6) is 0 Å². The molecule has 0 spiro atoms. The summed E-state index contributed by atoms with van der Waals surface area (Å²) in [6.45, 7) is 3.93. The van der Waals surface area contributed by atoms with Crippen molar-refractivity contribution in [3.8, 4) is 6.07 Å². The smallest absolute Gasteiger partial charge is 0.272 e. The molecule has 0 heterocycles. The lowest BCUT2D eigenvalue weighted by molar-refractivity contribution is -0.384. The maximum Gasteiger partial charge on any atom is 0.295 e. The molecule has 0 aliphatic carbocycles. The van der Waals surface area contributed by atoms with Gasteiger partial charge in [0.05, 0.1) is 27.7 Å². The highest BCUT2D eigenvalue weighted by Gasteiger charge is 2.25. The van der Waals surface area contributed by atoms with E-state index in [1.165, 1.54) is 22.7 Å². The predicted molar refractivity (Wildman–Crippen MR) is 106 cm³/mol. The van der Waals surface area contributed by atoms with Crippen molar-refractivity contribution >= 4 is 27.6 Å². The summed E-state index contributed by atoms with van der Waals surface area (Å²) in [4.78, 5) is 10.6. The fourth-order valence-electron chi connectivity index (χ4n) is 2.45. The van der Waals surface area contributed by atoms with Crippen LogP contribution in [-0.2, 0) is 10.0 Å². The molecule has 0 saturated heterocycles. The molecule has 10 heteroatoms. The third kappa shape index (κ3) is 4.70. The Labute approximate surface area is 163 Å². The number of sulfonamides is 1. The monoisotopic (exact) mass is 401 g/mol. The zero-order valence-corrected chi connectivity index (χ0v) is 16.2. The van der Waals surface area contributed by atoms with Gasteiger partial charge in [-0.25, -0.2) is 8.42 Å². The van der Waals surface area contributed by atoms with E-state index in [2.05, 4.69) is 10.5 Å². The van der Waals surface area contributed by atoms with Gasteiger partial charge in [-0.1, -0.05) is 26.0 Å². The average Bonchev–Trinajstić information content (AvgIpc) is 2.69. The quantitative estimate of drug-likeness (QED) is 0.411. The average molecular weight is 401 g/mol. The molecule has 1 N–H and O–H groups in total. The van der Waals surface area contributed by atoms with Crippen LogP contribution in [0.25, 0.3) is 0 Å². The van der Waals surface area contributed by atoms with Gasteiger partial charge in [0.2, 0.25) is 10.0 Å². The minimum absolute atomic E-state index is 0.0633. The molecule has 0 saturated carbocycles. The van der Waals surface area contributed by atoms with E-state index in [9.17, 15) is 18.5 Å². The van der Waals surface area contributed by atoms with Gasteiger partial charge in [0.15, 0.2) is 0 Å². The van der Waals surface area contributed by atoms with Crippen LogP contribution >= 0.6 is 0 Å². The minimum atomic E-state index is -3.81. The van der Waals surface area contributed by atoms with E-state index in [0.29, 0.717) is 11.1 Å². The van der Waals surface area contributed by atoms with Crippen LogP contribution in [0.2, 0.25) is 0 Å². The zero-order valence-electron chi connectivity index (χ0n) is 15.4. The Bertz CT molecular complexity index is 1020. The molecule has 0 aliphatic rings. The van der Waals surface area contributed by atoms with Gasteiger partial charge >= 0.3 is 0 Å². The standard InChI is InChI=1S/C18H19N5O4S/c1-3-22(4-2)28(26,27)16-9-10-17(18(11-16)23(24)25)21-20-13-15-7-5-14(12-19)6-8-15/h5-11,13,21H,3-4H2,1-2H3. The molecular weight excluding hydrogens is 382 g/mol. The Kier molecular flexibility index (Phi) is 6.81. The number of hydrogen-bond donors (Lipinski definition) is 1. The van der Waals surface area contributed by atoms with Crippen molar-refractivity contribution in [2.45, 2.75) is 18.7 Å². The van der Waals surface area contributed by atoms with Crippen LogP contribution in [0, 0.1) is 21.4 Å². The first-order valence-corrected chi connectivity index (χ1v) is 9.85. The van der Waals surface area contributed by atoms with Crippen molar-refractivity contribution in [2.24, 2.45) is 5.10 Å². The molecule has 2 aromatic rings. The van der Waals surface area contributed by atoms with Crippen molar-refractivity contribution in [3.63, 3.8) is 0 Å². The first-order valence-electron chi connectivity index (χ1n) is 8.41. The number of hydrazone groups is 1. The third-order valence-electron chi connectivity index (χ3n) is 3.95. The van der Waals surface area contributed by atoms with Crippen molar-refractivity contribution in [1.82, 2.24) is 4.31 Å². The van der Waals surface area contributed by atoms with Gasteiger partial charge in [-0.2, -0.15) is 14.7 Å². The van der Waals surface area contributed by atoms with E-state index >= 15 is 0 Å². The number of anilines is 1. The molecule has 0 aliphatic heterocycles. The van der Waals surface area contributed by atoms with Crippen LogP contribution in [-0.4, -0.2) is 37.0 Å². The van der Waals surface area contributed by atoms with Crippen LogP contribution in [0.1, 0.15) is 25.0 Å². The number of rotatable bonds is 8. The highest BCUT2D eigenvalue weighted by atomic mass is 32.2. The van der Waals surface area contributed by atoms with E-state index in [-0.39, 0.29) is 23.7 Å². The second-order valence-corrected chi connectivity index (χ2v) is 7.57. The van der Waals surface area contributed by atoms with Gasteiger partial charge in [0.25, 0.3) is 5.69 Å². The van der Waals surface area contributed by atoms with E-state index in [1.807, 2.05) is 6.07 Å². The van der Waals surface area contributed by atoms with Crippen LogP contribution < -0.4 is 5.43 Å². The maximum atomic E-state index is 12.6. The third-order valence-corrected chi connectivity index (χ3v) is 5.99. The van der Waals surface area contributed by atoms with Crippen LogP contribution in [0.15, 0.2) is 52.5 Å². The van der Waals surface area contributed by atoms with Crippen molar-refractivity contribution < 1.29 is 13.3 Å². The maximum absolute atomic E-state index is 12.6. The van der Waals surface area contributed by atoms with E-state index in [4.69, 9.17) is 5.26 Å². The fraction of sp³-hybridized carbons (Fsp3) is 0.222. The molecule has 0 aromatic heterocycles.